The van der Waals surface area contributed by atoms with E-state index in [2.05, 4.69) is 59.0 Å². The van der Waals surface area contributed by atoms with Crippen LogP contribution in [0.3, 0.4) is 0 Å². The number of hydrogen-bond acceptors (Lipinski definition) is 4. The summed E-state index contributed by atoms with van der Waals surface area (Å²) in [6.07, 6.45) is 0. The van der Waals surface area contributed by atoms with Crippen molar-refractivity contribution in [1.82, 2.24) is 10.2 Å². The summed E-state index contributed by atoms with van der Waals surface area (Å²) < 4.78 is 11.7. The molecule has 0 saturated heterocycles. The monoisotopic (exact) mass is 346 g/mol. The fourth-order valence-electron chi connectivity index (χ4n) is 1.98. The summed E-state index contributed by atoms with van der Waals surface area (Å²) in [7, 11) is 0. The average molecular weight is 347 g/mol. The first-order valence-corrected chi connectivity index (χ1v) is 7.43. The topological polar surface area (TPSA) is 52.1 Å². The third-order valence-electron chi connectivity index (χ3n) is 3.21. The van der Waals surface area contributed by atoms with Gasteiger partial charge in [0, 0.05) is 5.56 Å². The molecule has 0 N–H and O–H groups in total. The van der Waals surface area contributed by atoms with Gasteiger partial charge in [0.1, 0.15) is 0 Å². The molecule has 4 nitrogen and oxygen atoms in total. The predicted octanol–water partition coefficient (Wildman–Crippen LogP) is 5.06. The fraction of sp³-hybridized carbons (Fsp3) is 0.250. The van der Waals surface area contributed by atoms with Crippen LogP contribution in [0.25, 0.3) is 23.1 Å². The molecule has 0 unspecified atom stereocenters. The molecule has 0 aliphatic heterocycles. The minimum absolute atomic E-state index is 0.124. The van der Waals surface area contributed by atoms with Crippen molar-refractivity contribution < 1.29 is 8.83 Å². The van der Waals surface area contributed by atoms with Gasteiger partial charge >= 0.3 is 0 Å². The molecule has 0 amide bonds. The molecule has 0 aliphatic rings. The summed E-state index contributed by atoms with van der Waals surface area (Å²) >= 11 is 3.25. The predicted molar refractivity (Wildman–Crippen MR) is 83.8 cm³/mol. The fourth-order valence-corrected chi connectivity index (χ4v) is 2.29. The Labute approximate surface area is 131 Å². The van der Waals surface area contributed by atoms with E-state index in [0.29, 0.717) is 22.2 Å². The Morgan fingerprint density at radius 3 is 2.10 bits per heavy atom. The third-order valence-corrected chi connectivity index (χ3v) is 3.63. The Morgan fingerprint density at radius 2 is 1.52 bits per heavy atom. The van der Waals surface area contributed by atoms with E-state index in [0.717, 1.165) is 5.56 Å². The lowest BCUT2D eigenvalue weighted by Crippen LogP contribution is -2.10. The molecule has 108 valence electrons. The van der Waals surface area contributed by atoms with E-state index in [1.165, 1.54) is 5.56 Å². The Kier molecular flexibility index (Phi) is 3.45. The largest absolute Gasteiger partial charge is 0.444 e. The van der Waals surface area contributed by atoms with Gasteiger partial charge in [0.25, 0.3) is 5.89 Å². The number of benzene rings is 1. The maximum absolute atomic E-state index is 5.66. The van der Waals surface area contributed by atoms with Gasteiger partial charge in [0.05, 0.1) is 0 Å². The maximum atomic E-state index is 5.66. The van der Waals surface area contributed by atoms with Crippen LogP contribution in [0.1, 0.15) is 26.3 Å². The smallest absolute Gasteiger partial charge is 0.283 e. The van der Waals surface area contributed by atoms with Crippen LogP contribution in [-0.4, -0.2) is 10.2 Å². The zero-order valence-electron chi connectivity index (χ0n) is 12.1. The highest BCUT2D eigenvalue weighted by Crippen LogP contribution is 2.28. The SMILES string of the molecule is CC(C)(C)c1ccc(-c2nnc(-c3ccc(Br)o3)o2)cc1. The Morgan fingerprint density at radius 1 is 0.857 bits per heavy atom. The van der Waals surface area contributed by atoms with Gasteiger partial charge in [-0.1, -0.05) is 32.9 Å². The third kappa shape index (κ3) is 2.93. The highest BCUT2D eigenvalue weighted by Gasteiger charge is 2.16. The highest BCUT2D eigenvalue weighted by atomic mass is 79.9. The van der Waals surface area contributed by atoms with Crippen LogP contribution in [0.15, 0.2) is 49.9 Å². The standard InChI is InChI=1S/C16H15BrN2O2/c1-16(2,3)11-6-4-10(5-7-11)14-18-19-15(21-14)12-8-9-13(17)20-12/h4-9H,1-3H3. The molecule has 3 aromatic rings. The molecule has 3 rings (SSSR count). The van der Waals surface area contributed by atoms with Crippen LogP contribution in [0.2, 0.25) is 0 Å². The first kappa shape index (κ1) is 14.1. The van der Waals surface area contributed by atoms with Crippen molar-refractivity contribution in [2.24, 2.45) is 0 Å². The minimum atomic E-state index is 0.124. The molecule has 2 aromatic heterocycles. The number of aromatic nitrogens is 2. The Hall–Kier alpha value is -1.88. The van der Waals surface area contributed by atoms with Gasteiger partial charge in [-0.25, -0.2) is 0 Å². The number of rotatable bonds is 2. The molecule has 0 fully saturated rings. The summed E-state index contributed by atoms with van der Waals surface area (Å²) in [5.41, 5.74) is 2.28. The Bertz CT molecular complexity index is 751. The van der Waals surface area contributed by atoms with Gasteiger partial charge < -0.3 is 8.83 Å². The molecule has 0 saturated carbocycles. The van der Waals surface area contributed by atoms with Crippen LogP contribution in [0, 0.1) is 0 Å². The van der Waals surface area contributed by atoms with Gasteiger partial charge in [-0.15, -0.1) is 10.2 Å². The van der Waals surface area contributed by atoms with E-state index in [9.17, 15) is 0 Å². The van der Waals surface area contributed by atoms with Gasteiger partial charge in [0.15, 0.2) is 10.4 Å². The summed E-state index contributed by atoms with van der Waals surface area (Å²) in [5, 5.41) is 8.09. The lowest BCUT2D eigenvalue weighted by atomic mass is 9.87. The van der Waals surface area contributed by atoms with Crippen LogP contribution < -0.4 is 0 Å². The van der Waals surface area contributed by atoms with Crippen molar-refractivity contribution in [1.29, 1.82) is 0 Å². The molecular formula is C16H15BrN2O2. The van der Waals surface area contributed by atoms with Crippen LogP contribution in [0.5, 0.6) is 0 Å². The van der Waals surface area contributed by atoms with E-state index in [1.54, 1.807) is 12.1 Å². The quantitative estimate of drug-likeness (QED) is 0.650. The summed E-state index contributed by atoms with van der Waals surface area (Å²) in [6, 6.07) is 11.7. The number of furan rings is 1. The summed E-state index contributed by atoms with van der Waals surface area (Å²) in [6.45, 7) is 6.55. The van der Waals surface area contributed by atoms with Crippen LogP contribution in [0.4, 0.5) is 0 Å². The number of hydrogen-bond donors (Lipinski definition) is 0. The van der Waals surface area contributed by atoms with Gasteiger partial charge in [-0.3, -0.25) is 0 Å². The summed E-state index contributed by atoms with van der Waals surface area (Å²) in [5.74, 6) is 1.40. The molecule has 2 heterocycles. The normalized spacial score (nSPS) is 11.8. The van der Waals surface area contributed by atoms with Crippen molar-refractivity contribution in [2.75, 3.05) is 0 Å². The minimum Gasteiger partial charge on any atom is -0.444 e. The molecule has 0 bridgehead atoms. The van der Waals surface area contributed by atoms with Crippen LogP contribution >= 0.6 is 15.9 Å². The Balaban J connectivity index is 1.90. The zero-order chi connectivity index (χ0) is 15.0. The van der Waals surface area contributed by atoms with Crippen LogP contribution in [-0.2, 0) is 5.41 Å². The zero-order valence-corrected chi connectivity index (χ0v) is 13.6. The molecule has 1 aromatic carbocycles. The van der Waals surface area contributed by atoms with E-state index in [4.69, 9.17) is 8.83 Å². The molecular weight excluding hydrogens is 332 g/mol. The van der Waals surface area contributed by atoms with Gasteiger partial charge in [-0.05, 0) is 51.2 Å². The molecule has 0 atom stereocenters. The van der Waals surface area contributed by atoms with E-state index in [-0.39, 0.29) is 5.41 Å². The van der Waals surface area contributed by atoms with Crippen molar-refractivity contribution in [2.45, 2.75) is 26.2 Å². The lowest BCUT2D eigenvalue weighted by Gasteiger charge is -2.18. The highest BCUT2D eigenvalue weighted by molar-refractivity contribution is 9.10. The van der Waals surface area contributed by atoms with E-state index in [1.807, 2.05) is 12.1 Å². The molecule has 21 heavy (non-hydrogen) atoms. The number of nitrogens with zero attached hydrogens (tertiary/aromatic N) is 2. The second-order valence-corrected chi connectivity index (χ2v) is 6.63. The van der Waals surface area contributed by atoms with E-state index < -0.39 is 0 Å². The average Bonchev–Trinajstić information content (AvgIpc) is 3.06. The van der Waals surface area contributed by atoms with E-state index >= 15 is 0 Å². The van der Waals surface area contributed by atoms with Gasteiger partial charge in [0.2, 0.25) is 5.89 Å². The van der Waals surface area contributed by atoms with Crippen molar-refractivity contribution >= 4 is 15.9 Å². The van der Waals surface area contributed by atoms with Crippen molar-refractivity contribution in [3.05, 3.63) is 46.6 Å². The molecule has 0 spiro atoms. The first-order chi connectivity index (χ1) is 9.93. The van der Waals surface area contributed by atoms with Crippen molar-refractivity contribution in [3.8, 4) is 23.1 Å². The number of halogens is 1. The molecule has 0 radical (unpaired) electrons. The molecule has 5 heteroatoms. The second kappa shape index (κ2) is 5.15. The maximum Gasteiger partial charge on any atom is 0.283 e. The first-order valence-electron chi connectivity index (χ1n) is 6.63. The summed E-state index contributed by atoms with van der Waals surface area (Å²) in [4.78, 5) is 0. The second-order valence-electron chi connectivity index (χ2n) is 5.84. The molecule has 0 aliphatic carbocycles. The lowest BCUT2D eigenvalue weighted by molar-refractivity contribution is 0.509. The van der Waals surface area contributed by atoms with Gasteiger partial charge in [-0.2, -0.15) is 0 Å². The van der Waals surface area contributed by atoms with Crippen molar-refractivity contribution in [3.63, 3.8) is 0 Å².